The summed E-state index contributed by atoms with van der Waals surface area (Å²) in [6, 6.07) is 5.33. The lowest BCUT2D eigenvalue weighted by Gasteiger charge is -2.25. The average molecular weight is 298 g/mol. The first-order chi connectivity index (χ1) is 9.34. The van der Waals surface area contributed by atoms with Gasteiger partial charge in [0, 0.05) is 19.1 Å². The molecule has 1 aromatic rings. The van der Waals surface area contributed by atoms with E-state index in [1.54, 1.807) is 16.4 Å². The molecule has 4 nitrogen and oxygen atoms in total. The van der Waals surface area contributed by atoms with Crippen molar-refractivity contribution in [3.05, 3.63) is 29.3 Å². The van der Waals surface area contributed by atoms with Gasteiger partial charge >= 0.3 is 0 Å². The summed E-state index contributed by atoms with van der Waals surface area (Å²) >= 11 is 0. The molecular formula is C15H26N2O2S. The normalized spacial score (nSPS) is 12.3. The van der Waals surface area contributed by atoms with E-state index in [4.69, 9.17) is 0 Å². The van der Waals surface area contributed by atoms with Crippen molar-refractivity contribution in [3.8, 4) is 0 Å². The fraction of sp³-hybridized carbons (Fsp3) is 0.600. The Hall–Kier alpha value is -0.910. The summed E-state index contributed by atoms with van der Waals surface area (Å²) < 4.78 is 27.0. The number of rotatable bonds is 7. The van der Waals surface area contributed by atoms with Crippen molar-refractivity contribution in [2.24, 2.45) is 0 Å². The smallest absolute Gasteiger partial charge is 0.243 e. The van der Waals surface area contributed by atoms with Gasteiger partial charge in [-0.1, -0.05) is 13.0 Å². The molecule has 0 radical (unpaired) electrons. The molecule has 0 heterocycles. The monoisotopic (exact) mass is 298 g/mol. The van der Waals surface area contributed by atoms with Gasteiger partial charge in [-0.15, -0.1) is 0 Å². The summed E-state index contributed by atoms with van der Waals surface area (Å²) in [5.41, 5.74) is 2.12. The summed E-state index contributed by atoms with van der Waals surface area (Å²) in [7, 11) is -1.56. The standard InChI is InChI=1S/C15H26N2O2S/c1-6-9-17(12(2)3)20(18,19)15-8-7-13(4)14(10-15)11-16-5/h7-8,10,12,16H,6,9,11H2,1-5H3. The Morgan fingerprint density at radius 3 is 2.45 bits per heavy atom. The first-order valence-corrected chi connectivity index (χ1v) is 8.54. The molecule has 0 fully saturated rings. The summed E-state index contributed by atoms with van der Waals surface area (Å²) in [6.45, 7) is 9.04. The van der Waals surface area contributed by atoms with Gasteiger partial charge in [-0.25, -0.2) is 8.42 Å². The van der Waals surface area contributed by atoms with Gasteiger partial charge in [-0.2, -0.15) is 4.31 Å². The lowest BCUT2D eigenvalue weighted by atomic mass is 10.1. The highest BCUT2D eigenvalue weighted by Crippen LogP contribution is 2.21. The molecule has 0 bridgehead atoms. The number of nitrogens with one attached hydrogen (secondary N) is 1. The van der Waals surface area contributed by atoms with Crippen LogP contribution in [0.5, 0.6) is 0 Å². The SMILES string of the molecule is CCCN(C(C)C)S(=O)(=O)c1ccc(C)c(CNC)c1. The molecule has 0 spiro atoms. The minimum absolute atomic E-state index is 0.0333. The molecule has 0 unspecified atom stereocenters. The Labute approximate surface area is 123 Å². The summed E-state index contributed by atoms with van der Waals surface area (Å²) in [5, 5.41) is 3.07. The number of sulfonamides is 1. The second-order valence-electron chi connectivity index (χ2n) is 5.33. The molecule has 1 N–H and O–H groups in total. The van der Waals surface area contributed by atoms with E-state index in [1.165, 1.54) is 0 Å². The Morgan fingerprint density at radius 1 is 1.30 bits per heavy atom. The Bertz CT molecular complexity index is 539. The van der Waals surface area contributed by atoms with Gasteiger partial charge < -0.3 is 5.32 Å². The van der Waals surface area contributed by atoms with E-state index in [-0.39, 0.29) is 6.04 Å². The molecule has 0 saturated heterocycles. The van der Waals surface area contributed by atoms with Crippen LogP contribution in [-0.2, 0) is 16.6 Å². The van der Waals surface area contributed by atoms with Crippen molar-refractivity contribution < 1.29 is 8.42 Å². The molecule has 1 rings (SSSR count). The van der Waals surface area contributed by atoms with Gasteiger partial charge in [0.25, 0.3) is 0 Å². The van der Waals surface area contributed by atoms with Crippen molar-refractivity contribution in [2.75, 3.05) is 13.6 Å². The lowest BCUT2D eigenvalue weighted by Crippen LogP contribution is -2.37. The topological polar surface area (TPSA) is 49.4 Å². The number of aryl methyl sites for hydroxylation is 1. The van der Waals surface area contributed by atoms with E-state index in [9.17, 15) is 8.42 Å². The zero-order valence-corrected chi connectivity index (χ0v) is 13.9. The molecule has 20 heavy (non-hydrogen) atoms. The highest BCUT2D eigenvalue weighted by Gasteiger charge is 2.26. The van der Waals surface area contributed by atoms with Crippen LogP contribution in [0, 0.1) is 6.92 Å². The molecule has 0 atom stereocenters. The van der Waals surface area contributed by atoms with Crippen LogP contribution in [0.1, 0.15) is 38.3 Å². The van der Waals surface area contributed by atoms with Crippen molar-refractivity contribution in [1.82, 2.24) is 9.62 Å². The van der Waals surface area contributed by atoms with Crippen molar-refractivity contribution in [2.45, 2.75) is 51.6 Å². The third-order valence-electron chi connectivity index (χ3n) is 3.31. The molecule has 5 heteroatoms. The van der Waals surface area contributed by atoms with Gasteiger partial charge in [0.2, 0.25) is 10.0 Å². The van der Waals surface area contributed by atoms with Crippen LogP contribution in [0.3, 0.4) is 0 Å². The molecule has 0 amide bonds. The predicted molar refractivity (Wildman–Crippen MR) is 83.3 cm³/mol. The Kier molecular flexibility index (Phi) is 6.17. The van der Waals surface area contributed by atoms with Crippen molar-refractivity contribution in [1.29, 1.82) is 0 Å². The number of hydrogen-bond acceptors (Lipinski definition) is 3. The molecule has 0 aromatic heterocycles. The molecule has 114 valence electrons. The number of nitrogens with zero attached hydrogens (tertiary/aromatic N) is 1. The van der Waals surface area contributed by atoms with Crippen LogP contribution < -0.4 is 5.32 Å². The van der Waals surface area contributed by atoms with Crippen LogP contribution in [-0.4, -0.2) is 32.4 Å². The van der Waals surface area contributed by atoms with E-state index in [2.05, 4.69) is 5.32 Å². The lowest BCUT2D eigenvalue weighted by molar-refractivity contribution is 0.354. The van der Waals surface area contributed by atoms with Crippen LogP contribution in [0.25, 0.3) is 0 Å². The van der Waals surface area contributed by atoms with Crippen LogP contribution in [0.4, 0.5) is 0 Å². The second kappa shape index (κ2) is 7.20. The van der Waals surface area contributed by atoms with E-state index in [1.807, 2.05) is 40.8 Å². The Morgan fingerprint density at radius 2 is 1.95 bits per heavy atom. The summed E-state index contributed by atoms with van der Waals surface area (Å²) in [6.07, 6.45) is 0.812. The van der Waals surface area contributed by atoms with Gasteiger partial charge in [0.15, 0.2) is 0 Å². The number of hydrogen-bond donors (Lipinski definition) is 1. The highest BCUT2D eigenvalue weighted by molar-refractivity contribution is 7.89. The Balaban J connectivity index is 3.23. The van der Waals surface area contributed by atoms with Crippen LogP contribution in [0.15, 0.2) is 23.1 Å². The molecule has 1 aromatic carbocycles. The average Bonchev–Trinajstić information content (AvgIpc) is 2.38. The first kappa shape index (κ1) is 17.1. The quantitative estimate of drug-likeness (QED) is 0.841. The fourth-order valence-electron chi connectivity index (χ4n) is 2.20. The maximum atomic E-state index is 12.7. The summed E-state index contributed by atoms with van der Waals surface area (Å²) in [5.74, 6) is 0. The maximum absolute atomic E-state index is 12.7. The van der Waals surface area contributed by atoms with Crippen LogP contribution >= 0.6 is 0 Å². The molecule has 0 saturated carbocycles. The minimum atomic E-state index is -3.41. The van der Waals surface area contributed by atoms with E-state index < -0.39 is 10.0 Å². The molecular weight excluding hydrogens is 272 g/mol. The van der Waals surface area contributed by atoms with Gasteiger partial charge in [-0.05, 0) is 57.5 Å². The highest BCUT2D eigenvalue weighted by atomic mass is 32.2. The number of benzene rings is 1. The van der Waals surface area contributed by atoms with E-state index in [0.29, 0.717) is 18.0 Å². The summed E-state index contributed by atoms with van der Waals surface area (Å²) in [4.78, 5) is 0.385. The third kappa shape index (κ3) is 3.81. The van der Waals surface area contributed by atoms with E-state index in [0.717, 1.165) is 17.5 Å². The molecule has 0 aliphatic rings. The van der Waals surface area contributed by atoms with Crippen molar-refractivity contribution in [3.63, 3.8) is 0 Å². The van der Waals surface area contributed by atoms with Gasteiger partial charge in [0.1, 0.15) is 0 Å². The van der Waals surface area contributed by atoms with Gasteiger partial charge in [0.05, 0.1) is 4.90 Å². The van der Waals surface area contributed by atoms with Crippen LogP contribution in [0.2, 0.25) is 0 Å². The predicted octanol–water partition coefficient (Wildman–Crippen LogP) is 2.52. The third-order valence-corrected chi connectivity index (χ3v) is 5.39. The fourth-order valence-corrected chi connectivity index (χ4v) is 3.98. The van der Waals surface area contributed by atoms with Gasteiger partial charge in [-0.3, -0.25) is 0 Å². The zero-order chi connectivity index (χ0) is 15.3. The first-order valence-electron chi connectivity index (χ1n) is 7.10. The molecule has 0 aliphatic heterocycles. The second-order valence-corrected chi connectivity index (χ2v) is 7.22. The zero-order valence-electron chi connectivity index (χ0n) is 13.1. The molecule has 0 aliphatic carbocycles. The maximum Gasteiger partial charge on any atom is 0.243 e. The largest absolute Gasteiger partial charge is 0.316 e. The van der Waals surface area contributed by atoms with Crippen molar-refractivity contribution >= 4 is 10.0 Å². The minimum Gasteiger partial charge on any atom is -0.316 e. The van der Waals surface area contributed by atoms with E-state index >= 15 is 0 Å².